The Bertz CT molecular complexity index is 498. The highest BCUT2D eigenvalue weighted by Gasteiger charge is 2.39. The monoisotopic (exact) mass is 247 g/mol. The van der Waals surface area contributed by atoms with E-state index in [9.17, 15) is 9.59 Å². The number of benzene rings is 1. The third-order valence-corrected chi connectivity index (χ3v) is 2.78. The van der Waals surface area contributed by atoms with Gasteiger partial charge in [-0.05, 0) is 11.6 Å². The van der Waals surface area contributed by atoms with Crippen molar-refractivity contribution in [2.24, 2.45) is 0 Å². The lowest BCUT2D eigenvalue weighted by molar-refractivity contribution is -0.138. The molecular formula is C13H13NO4. The number of amides is 1. The quantitative estimate of drug-likeness (QED) is 0.827. The van der Waals surface area contributed by atoms with Gasteiger partial charge in [-0.2, -0.15) is 0 Å². The van der Waals surface area contributed by atoms with Crippen LogP contribution in [0, 0.1) is 0 Å². The molecule has 0 saturated carbocycles. The van der Waals surface area contributed by atoms with Gasteiger partial charge in [0, 0.05) is 6.42 Å². The Kier molecular flexibility index (Phi) is 3.32. The standard InChI is InChI=1S/C13H13NO4/c1-2-7-18-13(17)14-10-6-4-3-5-9(10)8-11(14)12(15)16/h2-6,11H,1,7-8H2,(H,15,16)/t11-/m0/s1. The third-order valence-electron chi connectivity index (χ3n) is 2.78. The molecule has 1 atom stereocenters. The second-order valence-electron chi connectivity index (χ2n) is 3.92. The van der Waals surface area contributed by atoms with Gasteiger partial charge in [-0.3, -0.25) is 4.90 Å². The Morgan fingerprint density at radius 2 is 2.22 bits per heavy atom. The fraction of sp³-hybridized carbons (Fsp3) is 0.231. The molecule has 1 aliphatic heterocycles. The Morgan fingerprint density at radius 1 is 1.50 bits per heavy atom. The lowest BCUT2D eigenvalue weighted by Gasteiger charge is -2.21. The van der Waals surface area contributed by atoms with Crippen LogP contribution in [0.25, 0.3) is 0 Å². The predicted molar refractivity (Wildman–Crippen MR) is 65.6 cm³/mol. The number of para-hydroxylation sites is 1. The van der Waals surface area contributed by atoms with Crippen molar-refractivity contribution in [3.63, 3.8) is 0 Å². The predicted octanol–water partition coefficient (Wildman–Crippen LogP) is 1.82. The maximum Gasteiger partial charge on any atom is 0.415 e. The molecule has 1 aliphatic rings. The molecule has 0 bridgehead atoms. The van der Waals surface area contributed by atoms with Crippen molar-refractivity contribution in [2.45, 2.75) is 12.5 Å². The van der Waals surface area contributed by atoms with Gasteiger partial charge in [0.15, 0.2) is 0 Å². The van der Waals surface area contributed by atoms with Crippen molar-refractivity contribution in [1.82, 2.24) is 0 Å². The highest BCUT2D eigenvalue weighted by molar-refractivity contribution is 5.98. The average Bonchev–Trinajstić information content (AvgIpc) is 2.75. The van der Waals surface area contributed by atoms with Gasteiger partial charge in [0.25, 0.3) is 0 Å². The molecule has 18 heavy (non-hydrogen) atoms. The molecule has 0 aromatic heterocycles. The molecule has 1 N–H and O–H groups in total. The summed E-state index contributed by atoms with van der Waals surface area (Å²) in [5.74, 6) is -1.04. The molecule has 5 heteroatoms. The first-order chi connectivity index (χ1) is 8.65. The van der Waals surface area contributed by atoms with E-state index >= 15 is 0 Å². The Morgan fingerprint density at radius 3 is 2.89 bits per heavy atom. The van der Waals surface area contributed by atoms with Crippen LogP contribution < -0.4 is 4.90 Å². The maximum absolute atomic E-state index is 11.9. The number of carboxylic acids is 1. The summed E-state index contributed by atoms with van der Waals surface area (Å²) >= 11 is 0. The summed E-state index contributed by atoms with van der Waals surface area (Å²) in [5, 5.41) is 9.16. The van der Waals surface area contributed by atoms with Crippen LogP contribution >= 0.6 is 0 Å². The van der Waals surface area contributed by atoms with Crippen molar-refractivity contribution in [1.29, 1.82) is 0 Å². The number of ether oxygens (including phenoxy) is 1. The van der Waals surface area contributed by atoms with E-state index in [1.165, 1.54) is 11.0 Å². The number of rotatable bonds is 3. The third kappa shape index (κ3) is 2.07. The highest BCUT2D eigenvalue weighted by Crippen LogP contribution is 2.32. The summed E-state index contributed by atoms with van der Waals surface area (Å²) in [6, 6.07) is 6.20. The summed E-state index contributed by atoms with van der Waals surface area (Å²) in [7, 11) is 0. The molecular weight excluding hydrogens is 234 g/mol. The molecule has 1 amide bonds. The molecule has 0 aliphatic carbocycles. The van der Waals surface area contributed by atoms with Crippen LogP contribution in [-0.2, 0) is 16.0 Å². The lowest BCUT2D eigenvalue weighted by Crippen LogP contribution is -2.43. The summed E-state index contributed by atoms with van der Waals surface area (Å²) in [4.78, 5) is 24.2. The zero-order valence-corrected chi connectivity index (χ0v) is 9.70. The first kappa shape index (κ1) is 12.2. The summed E-state index contributed by atoms with van der Waals surface area (Å²) in [5.41, 5.74) is 1.43. The molecule has 0 spiro atoms. The number of carbonyl (C=O) groups excluding carboxylic acids is 1. The second kappa shape index (κ2) is 4.91. The summed E-state index contributed by atoms with van der Waals surface area (Å²) < 4.78 is 4.92. The van der Waals surface area contributed by atoms with E-state index in [1.54, 1.807) is 12.1 Å². The second-order valence-corrected chi connectivity index (χ2v) is 3.92. The molecule has 5 nitrogen and oxygen atoms in total. The summed E-state index contributed by atoms with van der Waals surface area (Å²) in [6.45, 7) is 3.51. The SMILES string of the molecule is C=CCOC(=O)N1c2ccccc2C[C@H]1C(=O)O. The van der Waals surface area contributed by atoms with Gasteiger partial charge in [0.2, 0.25) is 0 Å². The Hall–Kier alpha value is -2.30. The van der Waals surface area contributed by atoms with Crippen LogP contribution in [0.5, 0.6) is 0 Å². The van der Waals surface area contributed by atoms with Crippen LogP contribution in [0.15, 0.2) is 36.9 Å². The zero-order valence-electron chi connectivity index (χ0n) is 9.70. The first-order valence-electron chi connectivity index (χ1n) is 5.52. The van der Waals surface area contributed by atoms with E-state index in [4.69, 9.17) is 9.84 Å². The number of hydrogen-bond acceptors (Lipinski definition) is 3. The smallest absolute Gasteiger partial charge is 0.415 e. The number of aliphatic carboxylic acids is 1. The van der Waals surface area contributed by atoms with Gasteiger partial charge in [-0.25, -0.2) is 9.59 Å². The summed E-state index contributed by atoms with van der Waals surface area (Å²) in [6.07, 6.45) is 1.08. The number of hydrogen-bond donors (Lipinski definition) is 1. The van der Waals surface area contributed by atoms with Gasteiger partial charge in [-0.1, -0.05) is 30.9 Å². The topological polar surface area (TPSA) is 66.8 Å². The lowest BCUT2D eigenvalue weighted by atomic mass is 10.1. The van der Waals surface area contributed by atoms with Gasteiger partial charge >= 0.3 is 12.1 Å². The molecule has 0 saturated heterocycles. The number of carbonyl (C=O) groups is 2. The number of nitrogens with zero attached hydrogens (tertiary/aromatic N) is 1. The Balaban J connectivity index is 2.31. The fourth-order valence-corrected chi connectivity index (χ4v) is 2.01. The molecule has 94 valence electrons. The van der Waals surface area contributed by atoms with Crippen LogP contribution in [0.1, 0.15) is 5.56 Å². The largest absolute Gasteiger partial charge is 0.480 e. The van der Waals surface area contributed by atoms with E-state index in [1.807, 2.05) is 12.1 Å². The molecule has 0 radical (unpaired) electrons. The van der Waals surface area contributed by atoms with Crippen molar-refractivity contribution in [3.8, 4) is 0 Å². The van der Waals surface area contributed by atoms with E-state index in [0.717, 1.165) is 5.56 Å². The van der Waals surface area contributed by atoms with E-state index < -0.39 is 18.1 Å². The normalized spacial score (nSPS) is 17.1. The highest BCUT2D eigenvalue weighted by atomic mass is 16.6. The van der Waals surface area contributed by atoms with Crippen molar-refractivity contribution in [3.05, 3.63) is 42.5 Å². The Labute approximate surface area is 104 Å². The fourth-order valence-electron chi connectivity index (χ4n) is 2.01. The van der Waals surface area contributed by atoms with Gasteiger partial charge in [0.05, 0.1) is 5.69 Å². The van der Waals surface area contributed by atoms with E-state index in [0.29, 0.717) is 12.1 Å². The van der Waals surface area contributed by atoms with E-state index in [-0.39, 0.29) is 6.61 Å². The van der Waals surface area contributed by atoms with Crippen LogP contribution in [0.2, 0.25) is 0 Å². The average molecular weight is 247 g/mol. The maximum atomic E-state index is 11.9. The number of carboxylic acid groups (broad SMARTS) is 1. The molecule has 0 fully saturated rings. The van der Waals surface area contributed by atoms with Crippen LogP contribution in [0.3, 0.4) is 0 Å². The van der Waals surface area contributed by atoms with Crippen molar-refractivity contribution in [2.75, 3.05) is 11.5 Å². The molecule has 1 heterocycles. The molecule has 1 aromatic carbocycles. The van der Waals surface area contributed by atoms with Gasteiger partial charge in [-0.15, -0.1) is 0 Å². The van der Waals surface area contributed by atoms with Gasteiger partial charge in [0.1, 0.15) is 12.6 Å². The molecule has 2 rings (SSSR count). The molecule has 1 aromatic rings. The van der Waals surface area contributed by atoms with Crippen molar-refractivity contribution < 1.29 is 19.4 Å². The van der Waals surface area contributed by atoms with Crippen LogP contribution in [-0.4, -0.2) is 29.8 Å². The minimum atomic E-state index is -1.04. The van der Waals surface area contributed by atoms with Crippen molar-refractivity contribution >= 4 is 17.7 Å². The number of fused-ring (bicyclic) bond motifs is 1. The minimum absolute atomic E-state index is 0.0594. The molecule has 0 unspecified atom stereocenters. The van der Waals surface area contributed by atoms with Crippen LogP contribution in [0.4, 0.5) is 10.5 Å². The number of anilines is 1. The van der Waals surface area contributed by atoms with Gasteiger partial charge < -0.3 is 9.84 Å². The van der Waals surface area contributed by atoms with E-state index in [2.05, 4.69) is 6.58 Å². The minimum Gasteiger partial charge on any atom is -0.480 e. The first-order valence-corrected chi connectivity index (χ1v) is 5.52. The zero-order chi connectivity index (χ0) is 13.1.